The maximum Gasteiger partial charge on any atom is 0.355 e. The van der Waals surface area contributed by atoms with Crippen LogP contribution in [0.2, 0.25) is 0 Å². The Bertz CT molecular complexity index is 685. The summed E-state index contributed by atoms with van der Waals surface area (Å²) in [6.45, 7) is 3.40. The van der Waals surface area contributed by atoms with Crippen LogP contribution >= 0.6 is 0 Å². The number of anilines is 1. The van der Waals surface area contributed by atoms with Crippen LogP contribution in [0.25, 0.3) is 0 Å². The predicted octanol–water partition coefficient (Wildman–Crippen LogP) is 0.457. The first-order valence-corrected chi connectivity index (χ1v) is 6.96. The van der Waals surface area contributed by atoms with Crippen molar-refractivity contribution in [1.29, 1.82) is 0 Å². The van der Waals surface area contributed by atoms with Crippen molar-refractivity contribution in [3.63, 3.8) is 0 Å². The number of carbonyl (C=O) groups is 3. The Labute approximate surface area is 126 Å². The van der Waals surface area contributed by atoms with Gasteiger partial charge in [0.1, 0.15) is 11.5 Å². The molecule has 1 saturated heterocycles. The van der Waals surface area contributed by atoms with E-state index in [0.29, 0.717) is 5.69 Å². The van der Waals surface area contributed by atoms with Gasteiger partial charge in [0.25, 0.3) is 5.91 Å². The molecule has 0 aliphatic carbocycles. The Balaban J connectivity index is 1.99. The van der Waals surface area contributed by atoms with E-state index in [1.165, 1.54) is 0 Å². The fourth-order valence-electron chi connectivity index (χ4n) is 2.77. The molecule has 0 unspecified atom stereocenters. The first-order valence-electron chi connectivity index (χ1n) is 6.96. The highest BCUT2D eigenvalue weighted by atomic mass is 16.5. The normalized spacial score (nSPS) is 26.5. The molecular weight excluding hydrogens is 286 g/mol. The fourth-order valence-corrected chi connectivity index (χ4v) is 2.77. The maximum atomic E-state index is 12.7. The summed E-state index contributed by atoms with van der Waals surface area (Å²) in [5.74, 6) is -2.56. The summed E-state index contributed by atoms with van der Waals surface area (Å²) in [7, 11) is 0. The van der Waals surface area contributed by atoms with Crippen molar-refractivity contribution in [2.45, 2.75) is 19.4 Å². The first-order chi connectivity index (χ1) is 10.5. The lowest BCUT2D eigenvalue weighted by Crippen LogP contribution is -2.48. The van der Waals surface area contributed by atoms with E-state index >= 15 is 0 Å². The summed E-state index contributed by atoms with van der Waals surface area (Å²) in [4.78, 5) is 38.4. The lowest BCUT2D eigenvalue weighted by Gasteiger charge is -2.20. The standard InChI is InChI=1S/C15H15N3O4/c1-3-22-13(20)11-10-12(19)18(9-7-5-4-6-8-9)14(21)15(10,2)17-16-11/h4-8,10,17H,3H2,1-2H3/t10-,15-/m1/s1. The summed E-state index contributed by atoms with van der Waals surface area (Å²) >= 11 is 0. The second-order valence-corrected chi connectivity index (χ2v) is 5.28. The van der Waals surface area contributed by atoms with Crippen LogP contribution in [0.5, 0.6) is 0 Å². The van der Waals surface area contributed by atoms with Gasteiger partial charge in [0.05, 0.1) is 12.3 Å². The summed E-state index contributed by atoms with van der Waals surface area (Å²) in [6.07, 6.45) is 0. The number of para-hydroxylation sites is 1. The smallest absolute Gasteiger partial charge is 0.355 e. The summed E-state index contributed by atoms with van der Waals surface area (Å²) < 4.78 is 4.91. The minimum atomic E-state index is -1.25. The molecule has 22 heavy (non-hydrogen) atoms. The number of fused-ring (bicyclic) bond motifs is 1. The molecule has 7 heteroatoms. The zero-order valence-electron chi connectivity index (χ0n) is 12.2. The van der Waals surface area contributed by atoms with Crippen molar-refractivity contribution in [1.82, 2.24) is 5.43 Å². The molecule has 0 radical (unpaired) electrons. The Morgan fingerprint density at radius 2 is 2.05 bits per heavy atom. The zero-order chi connectivity index (χ0) is 15.9. The van der Waals surface area contributed by atoms with Crippen LogP contribution in [-0.2, 0) is 19.1 Å². The van der Waals surface area contributed by atoms with Gasteiger partial charge < -0.3 is 4.74 Å². The van der Waals surface area contributed by atoms with E-state index in [-0.39, 0.29) is 12.3 Å². The Morgan fingerprint density at radius 1 is 1.36 bits per heavy atom. The monoisotopic (exact) mass is 301 g/mol. The average molecular weight is 301 g/mol. The second-order valence-electron chi connectivity index (χ2n) is 5.28. The lowest BCUT2D eigenvalue weighted by atomic mass is 9.86. The van der Waals surface area contributed by atoms with Gasteiger partial charge in [0.2, 0.25) is 5.91 Å². The van der Waals surface area contributed by atoms with Crippen LogP contribution in [0.4, 0.5) is 5.69 Å². The molecule has 0 bridgehead atoms. The summed E-state index contributed by atoms with van der Waals surface area (Å²) in [5, 5.41) is 3.86. The lowest BCUT2D eigenvalue weighted by molar-refractivity contribution is -0.136. The topological polar surface area (TPSA) is 88.1 Å². The number of nitrogens with one attached hydrogen (secondary N) is 1. The minimum Gasteiger partial charge on any atom is -0.461 e. The highest BCUT2D eigenvalue weighted by Gasteiger charge is 2.63. The van der Waals surface area contributed by atoms with Crippen molar-refractivity contribution < 1.29 is 19.1 Å². The minimum absolute atomic E-state index is 0.0545. The zero-order valence-corrected chi connectivity index (χ0v) is 12.2. The Hall–Kier alpha value is -2.70. The number of hydrogen-bond acceptors (Lipinski definition) is 6. The third-order valence-electron chi connectivity index (χ3n) is 3.87. The molecule has 7 nitrogen and oxygen atoms in total. The molecule has 1 aromatic carbocycles. The Morgan fingerprint density at radius 3 is 2.68 bits per heavy atom. The van der Waals surface area contributed by atoms with Gasteiger partial charge in [-0.25, -0.2) is 9.69 Å². The number of hydrazone groups is 1. The number of esters is 1. The SMILES string of the molecule is CCOC(=O)C1=NN[C@@]2(C)C(=O)N(c3ccccc3)C(=O)[C@@H]12. The van der Waals surface area contributed by atoms with E-state index in [2.05, 4.69) is 10.5 Å². The van der Waals surface area contributed by atoms with Crippen molar-refractivity contribution in [3.8, 4) is 0 Å². The quantitative estimate of drug-likeness (QED) is 0.647. The number of nitrogens with zero attached hydrogens (tertiary/aromatic N) is 2. The van der Waals surface area contributed by atoms with Gasteiger partial charge >= 0.3 is 5.97 Å². The van der Waals surface area contributed by atoms with Gasteiger partial charge in [0, 0.05) is 0 Å². The molecule has 2 atom stereocenters. The van der Waals surface area contributed by atoms with E-state index in [4.69, 9.17) is 4.74 Å². The summed E-state index contributed by atoms with van der Waals surface area (Å²) in [6, 6.07) is 8.60. The number of amides is 2. The van der Waals surface area contributed by atoms with Gasteiger partial charge in [-0.05, 0) is 26.0 Å². The number of rotatable bonds is 3. The van der Waals surface area contributed by atoms with Crippen LogP contribution in [-0.4, -0.2) is 35.6 Å². The maximum absolute atomic E-state index is 12.7. The molecule has 3 rings (SSSR count). The molecule has 1 aromatic rings. The molecule has 2 amide bonds. The van der Waals surface area contributed by atoms with Crippen LogP contribution in [0.1, 0.15) is 13.8 Å². The number of hydrogen-bond donors (Lipinski definition) is 1. The number of carbonyl (C=O) groups excluding carboxylic acids is 3. The van der Waals surface area contributed by atoms with Crippen molar-refractivity contribution >= 4 is 29.2 Å². The largest absolute Gasteiger partial charge is 0.461 e. The molecule has 2 heterocycles. The Kier molecular flexibility index (Phi) is 3.20. The molecule has 1 fully saturated rings. The van der Waals surface area contributed by atoms with E-state index in [0.717, 1.165) is 4.90 Å². The number of imide groups is 1. The third kappa shape index (κ3) is 1.82. The molecule has 114 valence electrons. The van der Waals surface area contributed by atoms with Crippen molar-refractivity contribution in [2.75, 3.05) is 11.5 Å². The van der Waals surface area contributed by atoms with Crippen LogP contribution in [0.15, 0.2) is 35.4 Å². The summed E-state index contributed by atoms with van der Waals surface area (Å²) in [5.41, 5.74) is 1.80. The molecule has 2 aliphatic rings. The molecule has 1 N–H and O–H groups in total. The third-order valence-corrected chi connectivity index (χ3v) is 3.87. The highest BCUT2D eigenvalue weighted by Crippen LogP contribution is 2.37. The van der Waals surface area contributed by atoms with Crippen LogP contribution in [0, 0.1) is 5.92 Å². The van der Waals surface area contributed by atoms with Crippen molar-refractivity contribution in [3.05, 3.63) is 30.3 Å². The van der Waals surface area contributed by atoms with Crippen LogP contribution < -0.4 is 10.3 Å². The second kappa shape index (κ2) is 4.94. The van der Waals surface area contributed by atoms with E-state index in [1.807, 2.05) is 0 Å². The average Bonchev–Trinajstić information content (AvgIpc) is 2.95. The highest BCUT2D eigenvalue weighted by molar-refractivity contribution is 6.47. The van der Waals surface area contributed by atoms with Crippen LogP contribution in [0.3, 0.4) is 0 Å². The first kappa shape index (κ1) is 14.2. The van der Waals surface area contributed by atoms with E-state index < -0.39 is 29.2 Å². The van der Waals surface area contributed by atoms with Crippen molar-refractivity contribution in [2.24, 2.45) is 11.0 Å². The van der Waals surface area contributed by atoms with Gasteiger partial charge in [0.15, 0.2) is 5.71 Å². The molecule has 0 aromatic heterocycles. The molecule has 0 spiro atoms. The molecule has 0 saturated carbocycles. The van der Waals surface area contributed by atoms with Gasteiger partial charge in [-0.2, -0.15) is 5.10 Å². The van der Waals surface area contributed by atoms with Gasteiger partial charge in [-0.15, -0.1) is 0 Å². The molecule has 2 aliphatic heterocycles. The number of benzene rings is 1. The van der Waals surface area contributed by atoms with E-state index in [9.17, 15) is 14.4 Å². The van der Waals surface area contributed by atoms with E-state index in [1.54, 1.807) is 44.2 Å². The molecular formula is C15H15N3O4. The van der Waals surface area contributed by atoms with Gasteiger partial charge in [-0.1, -0.05) is 18.2 Å². The van der Waals surface area contributed by atoms with Gasteiger partial charge in [-0.3, -0.25) is 15.0 Å². The fraction of sp³-hybridized carbons (Fsp3) is 0.333. The predicted molar refractivity (Wildman–Crippen MR) is 78.0 cm³/mol. The number of ether oxygens (including phenoxy) is 1.